The van der Waals surface area contributed by atoms with Crippen molar-refractivity contribution in [2.24, 2.45) is 0 Å². The Bertz CT molecular complexity index is 117. The summed E-state index contributed by atoms with van der Waals surface area (Å²) in [5.74, 6) is 2.38. The quantitative estimate of drug-likeness (QED) is 0.398. The van der Waals surface area contributed by atoms with Gasteiger partial charge < -0.3 is 14.2 Å². The molecule has 0 aliphatic carbocycles. The SMILES string of the molecule is C#CCOCCOCCOCC. The van der Waals surface area contributed by atoms with Gasteiger partial charge in [-0.25, -0.2) is 0 Å². The molecular formula is C9H16O3. The third-order valence-corrected chi connectivity index (χ3v) is 1.13. The van der Waals surface area contributed by atoms with E-state index in [1.807, 2.05) is 6.92 Å². The maximum absolute atomic E-state index is 5.16. The molecule has 0 aromatic carbocycles. The van der Waals surface area contributed by atoms with Gasteiger partial charge in [0.1, 0.15) is 6.61 Å². The Labute approximate surface area is 74.0 Å². The van der Waals surface area contributed by atoms with E-state index in [1.54, 1.807) is 0 Å². The van der Waals surface area contributed by atoms with Crippen LogP contribution in [0.4, 0.5) is 0 Å². The number of terminal acetylenes is 1. The minimum atomic E-state index is 0.356. The Balaban J connectivity index is 2.78. The molecule has 0 bridgehead atoms. The molecule has 0 saturated heterocycles. The highest BCUT2D eigenvalue weighted by Gasteiger charge is 1.88. The lowest BCUT2D eigenvalue weighted by atomic mass is 10.7. The summed E-state index contributed by atoms with van der Waals surface area (Å²) in [6, 6.07) is 0. The number of hydrogen-bond donors (Lipinski definition) is 0. The Kier molecular flexibility index (Phi) is 9.95. The zero-order chi connectivity index (χ0) is 9.07. The molecule has 0 fully saturated rings. The average molecular weight is 172 g/mol. The van der Waals surface area contributed by atoms with Crippen LogP contribution in [-0.4, -0.2) is 39.6 Å². The van der Waals surface area contributed by atoms with E-state index in [9.17, 15) is 0 Å². The number of hydrogen-bond acceptors (Lipinski definition) is 3. The normalized spacial score (nSPS) is 9.67. The van der Waals surface area contributed by atoms with E-state index in [1.165, 1.54) is 0 Å². The Hall–Kier alpha value is -0.560. The predicted molar refractivity (Wildman–Crippen MR) is 47.0 cm³/mol. The molecule has 12 heavy (non-hydrogen) atoms. The maximum Gasteiger partial charge on any atom is 0.107 e. The summed E-state index contributed by atoms with van der Waals surface area (Å²) in [7, 11) is 0. The highest BCUT2D eigenvalue weighted by atomic mass is 16.5. The van der Waals surface area contributed by atoms with Gasteiger partial charge in [-0.3, -0.25) is 0 Å². The summed E-state index contributed by atoms with van der Waals surface area (Å²) in [5, 5.41) is 0. The van der Waals surface area contributed by atoms with Crippen molar-refractivity contribution < 1.29 is 14.2 Å². The van der Waals surface area contributed by atoms with Crippen molar-refractivity contribution in [2.75, 3.05) is 39.6 Å². The first kappa shape index (κ1) is 11.4. The van der Waals surface area contributed by atoms with Crippen LogP contribution in [-0.2, 0) is 14.2 Å². The van der Waals surface area contributed by atoms with Gasteiger partial charge in [-0.1, -0.05) is 5.92 Å². The van der Waals surface area contributed by atoms with E-state index < -0.39 is 0 Å². The highest BCUT2D eigenvalue weighted by molar-refractivity contribution is 4.82. The molecule has 0 radical (unpaired) electrons. The van der Waals surface area contributed by atoms with Crippen molar-refractivity contribution in [3.8, 4) is 12.3 Å². The number of rotatable bonds is 8. The molecule has 0 aromatic heterocycles. The lowest BCUT2D eigenvalue weighted by Crippen LogP contribution is -2.09. The van der Waals surface area contributed by atoms with E-state index >= 15 is 0 Å². The molecule has 0 aromatic rings. The minimum absolute atomic E-state index is 0.356. The second-order valence-corrected chi connectivity index (χ2v) is 2.07. The number of ether oxygens (including phenoxy) is 3. The largest absolute Gasteiger partial charge is 0.379 e. The Morgan fingerprint density at radius 3 is 2.17 bits per heavy atom. The van der Waals surface area contributed by atoms with Crippen molar-refractivity contribution in [2.45, 2.75) is 6.92 Å². The van der Waals surface area contributed by atoms with Crippen LogP contribution in [0.15, 0.2) is 0 Å². The van der Waals surface area contributed by atoms with Crippen LogP contribution in [0.5, 0.6) is 0 Å². The zero-order valence-corrected chi connectivity index (χ0v) is 7.54. The van der Waals surface area contributed by atoms with E-state index in [2.05, 4.69) is 5.92 Å². The fraction of sp³-hybridized carbons (Fsp3) is 0.778. The Morgan fingerprint density at radius 1 is 1.00 bits per heavy atom. The fourth-order valence-electron chi connectivity index (χ4n) is 0.613. The predicted octanol–water partition coefficient (Wildman–Crippen LogP) is 0.689. The molecule has 0 amide bonds. The molecule has 0 unspecified atom stereocenters. The first-order valence-electron chi connectivity index (χ1n) is 4.08. The van der Waals surface area contributed by atoms with Gasteiger partial charge in [0, 0.05) is 6.61 Å². The third-order valence-electron chi connectivity index (χ3n) is 1.13. The van der Waals surface area contributed by atoms with Crippen LogP contribution < -0.4 is 0 Å². The van der Waals surface area contributed by atoms with Crippen molar-refractivity contribution in [3.63, 3.8) is 0 Å². The van der Waals surface area contributed by atoms with Crippen LogP contribution in [0.25, 0.3) is 0 Å². The summed E-state index contributed by atoms with van der Waals surface area (Å²) in [4.78, 5) is 0. The van der Waals surface area contributed by atoms with Crippen LogP contribution in [0.3, 0.4) is 0 Å². The molecule has 0 aliphatic rings. The van der Waals surface area contributed by atoms with Gasteiger partial charge in [0.25, 0.3) is 0 Å². The van der Waals surface area contributed by atoms with Gasteiger partial charge in [0.2, 0.25) is 0 Å². The molecule has 0 saturated carbocycles. The summed E-state index contributed by atoms with van der Waals surface area (Å²) in [6.45, 7) is 5.44. The summed E-state index contributed by atoms with van der Waals surface area (Å²) in [6.07, 6.45) is 4.97. The van der Waals surface area contributed by atoms with Crippen molar-refractivity contribution in [1.29, 1.82) is 0 Å². The van der Waals surface area contributed by atoms with Crippen LogP contribution >= 0.6 is 0 Å². The lowest BCUT2D eigenvalue weighted by Gasteiger charge is -2.03. The van der Waals surface area contributed by atoms with Gasteiger partial charge in [0.05, 0.1) is 26.4 Å². The summed E-state index contributed by atoms with van der Waals surface area (Å²) in [5.41, 5.74) is 0. The lowest BCUT2D eigenvalue weighted by molar-refractivity contribution is 0.0231. The second kappa shape index (κ2) is 10.4. The van der Waals surface area contributed by atoms with Crippen molar-refractivity contribution in [3.05, 3.63) is 0 Å². The first-order valence-corrected chi connectivity index (χ1v) is 4.08. The third kappa shape index (κ3) is 9.44. The fourth-order valence-corrected chi connectivity index (χ4v) is 0.613. The molecule has 70 valence electrons. The molecule has 3 heteroatoms. The van der Waals surface area contributed by atoms with E-state index in [-0.39, 0.29) is 0 Å². The zero-order valence-electron chi connectivity index (χ0n) is 7.54. The summed E-state index contributed by atoms with van der Waals surface area (Å²) < 4.78 is 15.2. The first-order chi connectivity index (χ1) is 5.91. The minimum Gasteiger partial charge on any atom is -0.379 e. The standard InChI is InChI=1S/C9H16O3/c1-3-5-11-8-9-12-7-6-10-4-2/h1H,4-9H2,2H3. The van der Waals surface area contributed by atoms with Crippen molar-refractivity contribution >= 4 is 0 Å². The molecular weight excluding hydrogens is 156 g/mol. The van der Waals surface area contributed by atoms with Crippen LogP contribution in [0.1, 0.15) is 6.92 Å². The second-order valence-electron chi connectivity index (χ2n) is 2.07. The molecule has 0 rings (SSSR count). The molecule has 0 atom stereocenters. The smallest absolute Gasteiger partial charge is 0.107 e. The monoisotopic (exact) mass is 172 g/mol. The molecule has 0 aliphatic heterocycles. The Morgan fingerprint density at radius 2 is 1.58 bits per heavy atom. The van der Waals surface area contributed by atoms with Crippen LogP contribution in [0, 0.1) is 12.3 Å². The van der Waals surface area contributed by atoms with Gasteiger partial charge in [-0.15, -0.1) is 6.42 Å². The molecule has 3 nitrogen and oxygen atoms in total. The van der Waals surface area contributed by atoms with E-state index in [4.69, 9.17) is 20.6 Å². The molecule has 0 heterocycles. The maximum atomic E-state index is 5.16. The average Bonchev–Trinajstić information content (AvgIpc) is 2.10. The van der Waals surface area contributed by atoms with Gasteiger partial charge >= 0.3 is 0 Å². The van der Waals surface area contributed by atoms with Gasteiger partial charge in [-0.05, 0) is 6.92 Å². The summed E-state index contributed by atoms with van der Waals surface area (Å²) >= 11 is 0. The topological polar surface area (TPSA) is 27.7 Å². The van der Waals surface area contributed by atoms with E-state index in [0.29, 0.717) is 33.0 Å². The van der Waals surface area contributed by atoms with Crippen molar-refractivity contribution in [1.82, 2.24) is 0 Å². The van der Waals surface area contributed by atoms with E-state index in [0.717, 1.165) is 6.61 Å². The molecule has 0 spiro atoms. The van der Waals surface area contributed by atoms with Gasteiger partial charge in [-0.2, -0.15) is 0 Å². The van der Waals surface area contributed by atoms with Gasteiger partial charge in [0.15, 0.2) is 0 Å². The van der Waals surface area contributed by atoms with Crippen LogP contribution in [0.2, 0.25) is 0 Å². The molecule has 0 N–H and O–H groups in total. The highest BCUT2D eigenvalue weighted by Crippen LogP contribution is 1.79.